The van der Waals surface area contributed by atoms with Crippen molar-refractivity contribution in [2.24, 2.45) is 5.41 Å². The molecule has 1 saturated heterocycles. The third-order valence-electron chi connectivity index (χ3n) is 3.10. The molecule has 0 radical (unpaired) electrons. The number of barbiturate groups is 1. The van der Waals surface area contributed by atoms with Crippen LogP contribution in [0.1, 0.15) is 19.4 Å². The van der Waals surface area contributed by atoms with Crippen LogP contribution in [0.25, 0.3) is 0 Å². The molecule has 0 aliphatic carbocycles. The van der Waals surface area contributed by atoms with E-state index in [-0.39, 0.29) is 6.54 Å². The van der Waals surface area contributed by atoms with E-state index in [9.17, 15) is 14.4 Å². The van der Waals surface area contributed by atoms with E-state index < -0.39 is 23.3 Å². The van der Waals surface area contributed by atoms with Gasteiger partial charge in [-0.05, 0) is 25.5 Å². The topological polar surface area (TPSA) is 66.5 Å². The Labute approximate surface area is 115 Å². The minimum atomic E-state index is -1.25. The van der Waals surface area contributed by atoms with Gasteiger partial charge in [-0.15, -0.1) is 0 Å². The number of imide groups is 2. The van der Waals surface area contributed by atoms with Gasteiger partial charge in [0.15, 0.2) is 0 Å². The number of hydrogen-bond acceptors (Lipinski definition) is 3. The van der Waals surface area contributed by atoms with E-state index in [4.69, 9.17) is 11.6 Å². The summed E-state index contributed by atoms with van der Waals surface area (Å²) in [5, 5.41) is 2.64. The van der Waals surface area contributed by atoms with Gasteiger partial charge in [-0.3, -0.25) is 19.8 Å². The number of carbonyl (C=O) groups is 3. The highest BCUT2D eigenvalue weighted by Gasteiger charge is 2.46. The highest BCUT2D eigenvalue weighted by Crippen LogP contribution is 2.26. The van der Waals surface area contributed by atoms with E-state index in [1.54, 1.807) is 24.3 Å². The minimum Gasteiger partial charge on any atom is -0.277 e. The Balaban J connectivity index is 2.30. The van der Waals surface area contributed by atoms with Crippen molar-refractivity contribution in [1.82, 2.24) is 10.2 Å². The van der Waals surface area contributed by atoms with Crippen molar-refractivity contribution in [1.29, 1.82) is 0 Å². The second-order valence-electron chi connectivity index (χ2n) is 4.87. The predicted molar refractivity (Wildman–Crippen MR) is 69.3 cm³/mol. The number of amides is 4. The zero-order valence-corrected chi connectivity index (χ0v) is 11.3. The molecule has 0 unspecified atom stereocenters. The molecule has 0 saturated carbocycles. The van der Waals surface area contributed by atoms with E-state index >= 15 is 0 Å². The van der Waals surface area contributed by atoms with Gasteiger partial charge >= 0.3 is 6.03 Å². The molecule has 1 aromatic carbocycles. The molecule has 1 N–H and O–H groups in total. The van der Waals surface area contributed by atoms with Crippen molar-refractivity contribution in [3.63, 3.8) is 0 Å². The number of carbonyl (C=O) groups excluding carboxylic acids is 3. The number of halogens is 1. The van der Waals surface area contributed by atoms with Crippen LogP contribution in [0.4, 0.5) is 4.79 Å². The zero-order chi connectivity index (χ0) is 14.2. The van der Waals surface area contributed by atoms with Crippen LogP contribution in [0.5, 0.6) is 0 Å². The number of nitrogens with one attached hydrogen (secondary N) is 1. The summed E-state index contributed by atoms with van der Waals surface area (Å²) in [4.78, 5) is 36.5. The largest absolute Gasteiger partial charge is 0.331 e. The zero-order valence-electron chi connectivity index (χ0n) is 10.6. The fourth-order valence-corrected chi connectivity index (χ4v) is 1.98. The highest BCUT2D eigenvalue weighted by molar-refractivity contribution is 6.31. The fraction of sp³-hybridized carbons (Fsp3) is 0.308. The van der Waals surface area contributed by atoms with Crippen molar-refractivity contribution < 1.29 is 14.4 Å². The molecule has 4 amide bonds. The van der Waals surface area contributed by atoms with Gasteiger partial charge in [0, 0.05) is 5.02 Å². The first kappa shape index (κ1) is 13.5. The molecule has 100 valence electrons. The van der Waals surface area contributed by atoms with E-state index in [1.165, 1.54) is 13.8 Å². The van der Waals surface area contributed by atoms with E-state index in [2.05, 4.69) is 5.32 Å². The Hall–Kier alpha value is -1.88. The summed E-state index contributed by atoms with van der Waals surface area (Å²) in [6, 6.07) is 6.22. The maximum absolute atomic E-state index is 12.2. The summed E-state index contributed by atoms with van der Waals surface area (Å²) in [6.07, 6.45) is 0. The van der Waals surface area contributed by atoms with Crippen LogP contribution < -0.4 is 5.32 Å². The lowest BCUT2D eigenvalue weighted by Gasteiger charge is -2.34. The van der Waals surface area contributed by atoms with Crippen molar-refractivity contribution in [2.45, 2.75) is 20.4 Å². The molecule has 1 aromatic rings. The number of hydrogen-bond donors (Lipinski definition) is 1. The minimum absolute atomic E-state index is 0.0427. The molecule has 1 heterocycles. The Morgan fingerprint density at radius 3 is 2.47 bits per heavy atom. The van der Waals surface area contributed by atoms with Crippen molar-refractivity contribution >= 4 is 29.4 Å². The van der Waals surface area contributed by atoms with E-state index in [0.717, 1.165) is 4.90 Å². The second-order valence-corrected chi connectivity index (χ2v) is 5.27. The lowest BCUT2D eigenvalue weighted by atomic mass is 9.88. The van der Waals surface area contributed by atoms with Gasteiger partial charge in [0.2, 0.25) is 11.8 Å². The molecule has 0 spiro atoms. The number of rotatable bonds is 2. The van der Waals surface area contributed by atoms with Gasteiger partial charge in [0.05, 0.1) is 6.54 Å². The quantitative estimate of drug-likeness (QED) is 0.842. The number of nitrogens with zero attached hydrogens (tertiary/aromatic N) is 1. The number of urea groups is 1. The first-order valence-corrected chi connectivity index (χ1v) is 6.12. The summed E-state index contributed by atoms with van der Waals surface area (Å²) in [7, 11) is 0. The lowest BCUT2D eigenvalue weighted by molar-refractivity contribution is -0.149. The lowest BCUT2D eigenvalue weighted by Crippen LogP contribution is -2.61. The van der Waals surface area contributed by atoms with Crippen LogP contribution >= 0.6 is 11.6 Å². The van der Waals surface area contributed by atoms with Gasteiger partial charge in [-0.25, -0.2) is 4.79 Å². The molecule has 1 aliphatic rings. The molecular weight excluding hydrogens is 268 g/mol. The molecule has 1 fully saturated rings. The maximum atomic E-state index is 12.2. The molecule has 2 rings (SSSR count). The summed E-state index contributed by atoms with van der Waals surface area (Å²) >= 11 is 6.00. The van der Waals surface area contributed by atoms with Gasteiger partial charge in [0.1, 0.15) is 5.41 Å². The monoisotopic (exact) mass is 280 g/mol. The average Bonchev–Trinajstić information content (AvgIpc) is 2.35. The Kier molecular flexibility index (Phi) is 3.32. The third kappa shape index (κ3) is 2.33. The maximum Gasteiger partial charge on any atom is 0.331 e. The van der Waals surface area contributed by atoms with Crippen LogP contribution in [-0.2, 0) is 16.1 Å². The molecule has 5 nitrogen and oxygen atoms in total. The van der Waals surface area contributed by atoms with Gasteiger partial charge in [0.25, 0.3) is 0 Å². The van der Waals surface area contributed by atoms with E-state index in [0.29, 0.717) is 10.6 Å². The normalized spacial score (nSPS) is 18.5. The molecule has 6 heteroatoms. The van der Waals surface area contributed by atoms with E-state index in [1.807, 2.05) is 0 Å². The van der Waals surface area contributed by atoms with Crippen molar-refractivity contribution in [3.8, 4) is 0 Å². The fourth-order valence-electron chi connectivity index (χ4n) is 1.79. The van der Waals surface area contributed by atoms with Crippen LogP contribution in [0, 0.1) is 5.41 Å². The molecule has 0 atom stereocenters. The first-order chi connectivity index (χ1) is 8.84. The Bertz CT molecular complexity index is 569. The van der Waals surface area contributed by atoms with Gasteiger partial charge < -0.3 is 0 Å². The Morgan fingerprint density at radius 1 is 1.21 bits per heavy atom. The number of benzene rings is 1. The molecule has 0 bridgehead atoms. The Morgan fingerprint density at radius 2 is 1.84 bits per heavy atom. The van der Waals surface area contributed by atoms with Crippen LogP contribution in [0.2, 0.25) is 5.02 Å². The van der Waals surface area contributed by atoms with Crippen molar-refractivity contribution in [3.05, 3.63) is 34.9 Å². The summed E-state index contributed by atoms with van der Waals surface area (Å²) in [5.74, 6) is -1.11. The summed E-state index contributed by atoms with van der Waals surface area (Å²) in [6.45, 7) is 3.01. The SMILES string of the molecule is CC1(C)C(=O)NC(=O)N(Cc2ccccc2Cl)C1=O. The van der Waals surface area contributed by atoms with Crippen LogP contribution in [0.3, 0.4) is 0 Å². The van der Waals surface area contributed by atoms with Gasteiger partial charge in [-0.2, -0.15) is 0 Å². The average molecular weight is 281 g/mol. The van der Waals surface area contributed by atoms with Crippen LogP contribution in [-0.4, -0.2) is 22.7 Å². The van der Waals surface area contributed by atoms with Crippen LogP contribution in [0.15, 0.2) is 24.3 Å². The third-order valence-corrected chi connectivity index (χ3v) is 3.47. The molecule has 19 heavy (non-hydrogen) atoms. The smallest absolute Gasteiger partial charge is 0.277 e. The standard InChI is InChI=1S/C13H13ClN2O3/c1-13(2)10(17)15-12(19)16(11(13)18)7-8-5-3-4-6-9(8)14/h3-6H,7H2,1-2H3,(H,15,17,19). The first-order valence-electron chi connectivity index (χ1n) is 5.75. The second kappa shape index (κ2) is 4.66. The predicted octanol–water partition coefficient (Wildman–Crippen LogP) is 1.94. The molecule has 1 aliphatic heterocycles. The molecule has 0 aromatic heterocycles. The van der Waals surface area contributed by atoms with Gasteiger partial charge in [-0.1, -0.05) is 29.8 Å². The summed E-state index contributed by atoms with van der Waals surface area (Å²) in [5.41, 5.74) is -0.604. The van der Waals surface area contributed by atoms with Crippen molar-refractivity contribution in [2.75, 3.05) is 0 Å². The molecular formula is C13H13ClN2O3. The summed E-state index contributed by atoms with van der Waals surface area (Å²) < 4.78 is 0. The highest BCUT2D eigenvalue weighted by atomic mass is 35.5.